The first-order chi connectivity index (χ1) is 37.2. The van der Waals surface area contributed by atoms with Gasteiger partial charge in [-0.1, -0.05) is 139 Å². The van der Waals surface area contributed by atoms with Gasteiger partial charge in [0.2, 0.25) is 31.9 Å². The molecule has 444 valence electrons. The second-order valence-electron chi connectivity index (χ2n) is 25.8. The molecule has 4 aromatic rings. The van der Waals surface area contributed by atoms with Crippen LogP contribution < -0.4 is 19.6 Å². The number of carbonyl (C=O) groups is 2. The van der Waals surface area contributed by atoms with Crippen molar-refractivity contribution >= 4 is 54.6 Å². The first-order valence-corrected chi connectivity index (χ1v) is 32.5. The van der Waals surface area contributed by atoms with Gasteiger partial charge in [-0.25, -0.2) is 16.8 Å². The molecule has 8 rings (SSSR count). The van der Waals surface area contributed by atoms with Crippen LogP contribution in [-0.2, 0) is 51.3 Å². The Morgan fingerprint density at radius 1 is 0.375 bits per heavy atom. The predicted octanol–water partition coefficient (Wildman–Crippen LogP) is 10.2. The number of hydrogen-bond donors (Lipinski definition) is 0. The molecule has 0 unspecified atom stereocenters. The number of rotatable bonds is 8. The highest BCUT2D eigenvalue weighted by molar-refractivity contribution is 7.89. The molecule has 4 aromatic carbocycles. The van der Waals surface area contributed by atoms with Gasteiger partial charge in [0, 0.05) is 141 Å². The molecule has 4 aliphatic heterocycles. The molecular weight excluding hydrogens is 1040 g/mol. The summed E-state index contributed by atoms with van der Waals surface area (Å²) in [6.07, 6.45) is 1.89. The van der Waals surface area contributed by atoms with Gasteiger partial charge in [0.15, 0.2) is 0 Å². The topological polar surface area (TPSA) is 128 Å². The Morgan fingerprint density at radius 2 is 0.613 bits per heavy atom. The van der Waals surface area contributed by atoms with Crippen LogP contribution >= 0.6 is 0 Å². The van der Waals surface area contributed by atoms with Crippen LogP contribution in [0.3, 0.4) is 0 Å². The molecule has 2 amide bonds. The Kier molecular flexibility index (Phi) is 22.8. The summed E-state index contributed by atoms with van der Waals surface area (Å²) in [6, 6.07) is 34.9. The molecule has 0 saturated carbocycles. The molecule has 0 aliphatic carbocycles. The fraction of sp³-hybridized carbons (Fsp3) is 0.594. The maximum Gasteiger partial charge on any atom is 0.222 e. The van der Waals surface area contributed by atoms with E-state index in [1.807, 2.05) is 16.7 Å². The van der Waals surface area contributed by atoms with E-state index >= 15 is 0 Å². The first-order valence-electron chi connectivity index (χ1n) is 29.1. The van der Waals surface area contributed by atoms with E-state index < -0.39 is 20.0 Å². The molecular formula is C64H100N8O6S2. The summed E-state index contributed by atoms with van der Waals surface area (Å²) in [7, 11) is -6.10. The second kappa shape index (κ2) is 27.7. The molecule has 80 heavy (non-hydrogen) atoms. The standard InChI is InChI=1S/C17H26N2O.C16H26N2O2S.C16H24N2O.C15H24N2O2S/c1-5-16(20)19-12-10-18(11-13-19)15-8-6-14(7-9-15)17(2,3)4;1-5-21(19,20)18-12-10-17(11-13-18)15-8-6-14(7-9-15)16(2,3)4;1-13(19)17-9-11-18(12-10-17)15-7-5-14(6-8-15)16(2,3)4;1-15(2,3)13-5-7-14(8-6-13)16-9-11-17(12-10-16)20(4,18)19/h6-9H,5,10-13H2,1-4H3;6-9H,5,10-13H2,1-4H3;5-8H,9-12H2,1-4H3;5-8H,9-12H2,1-4H3. The third-order valence-corrected chi connectivity index (χ3v) is 18.9. The van der Waals surface area contributed by atoms with Crippen LogP contribution in [0, 0.1) is 0 Å². The minimum atomic E-state index is -3.05. The Bertz CT molecular complexity index is 2780. The maximum atomic E-state index is 11.9. The molecule has 4 saturated heterocycles. The van der Waals surface area contributed by atoms with Gasteiger partial charge in [0.05, 0.1) is 12.0 Å². The number of anilines is 4. The Hall–Kier alpha value is -5.16. The van der Waals surface area contributed by atoms with Crippen molar-refractivity contribution < 1.29 is 26.4 Å². The molecule has 0 spiro atoms. The Labute approximate surface area is 484 Å². The zero-order valence-electron chi connectivity index (χ0n) is 51.8. The number of amides is 2. The van der Waals surface area contributed by atoms with Crippen LogP contribution in [0.4, 0.5) is 22.7 Å². The van der Waals surface area contributed by atoms with Gasteiger partial charge in [-0.15, -0.1) is 0 Å². The fourth-order valence-electron chi connectivity index (χ4n) is 10.1. The third-order valence-electron chi connectivity index (χ3n) is 15.8. The molecule has 0 atom stereocenters. The van der Waals surface area contributed by atoms with Crippen LogP contribution in [0.1, 0.15) is 133 Å². The van der Waals surface area contributed by atoms with Crippen molar-refractivity contribution in [2.24, 2.45) is 0 Å². The first kappa shape index (κ1) is 65.6. The van der Waals surface area contributed by atoms with E-state index in [9.17, 15) is 26.4 Å². The van der Waals surface area contributed by atoms with Crippen LogP contribution in [-0.4, -0.2) is 164 Å². The van der Waals surface area contributed by atoms with Crippen molar-refractivity contribution in [3.05, 3.63) is 119 Å². The number of hydrogen-bond acceptors (Lipinski definition) is 10. The highest BCUT2D eigenvalue weighted by Gasteiger charge is 2.28. The lowest BCUT2D eigenvalue weighted by Gasteiger charge is -2.36. The summed E-state index contributed by atoms with van der Waals surface area (Å²) >= 11 is 0. The van der Waals surface area contributed by atoms with E-state index in [0.717, 1.165) is 78.5 Å². The molecule has 14 nitrogen and oxygen atoms in total. The quantitative estimate of drug-likeness (QED) is 0.168. The van der Waals surface area contributed by atoms with Gasteiger partial charge in [-0.2, -0.15) is 8.61 Å². The van der Waals surface area contributed by atoms with Crippen LogP contribution in [0.15, 0.2) is 97.1 Å². The van der Waals surface area contributed by atoms with Gasteiger partial charge in [0.25, 0.3) is 0 Å². The molecule has 4 aliphatic rings. The monoisotopic (exact) mass is 1140 g/mol. The average Bonchev–Trinajstić information content (AvgIpc) is 3.43. The van der Waals surface area contributed by atoms with Crippen LogP contribution in [0.5, 0.6) is 0 Å². The normalized spacial score (nSPS) is 17.4. The molecule has 0 radical (unpaired) electrons. The summed E-state index contributed by atoms with van der Waals surface area (Å²) < 4.78 is 49.9. The van der Waals surface area contributed by atoms with Crippen molar-refractivity contribution in [2.45, 2.75) is 132 Å². The van der Waals surface area contributed by atoms with Crippen LogP contribution in [0.2, 0.25) is 0 Å². The maximum absolute atomic E-state index is 11.9. The molecule has 0 aromatic heterocycles. The number of nitrogens with zero attached hydrogens (tertiary/aromatic N) is 8. The summed E-state index contributed by atoms with van der Waals surface area (Å²) in [5.41, 5.74) is 10.9. The smallest absolute Gasteiger partial charge is 0.222 e. The van der Waals surface area contributed by atoms with Crippen molar-refractivity contribution in [2.75, 3.05) is 136 Å². The van der Waals surface area contributed by atoms with Crippen molar-refractivity contribution in [3.8, 4) is 0 Å². The minimum Gasteiger partial charge on any atom is -0.369 e. The van der Waals surface area contributed by atoms with E-state index in [2.05, 4.69) is 200 Å². The van der Waals surface area contributed by atoms with Gasteiger partial charge in [-0.05, 0) is 99.4 Å². The number of sulfonamides is 2. The van der Waals surface area contributed by atoms with E-state index in [4.69, 9.17) is 0 Å². The summed E-state index contributed by atoms with van der Waals surface area (Å²) in [5, 5.41) is 0. The zero-order valence-corrected chi connectivity index (χ0v) is 53.4. The molecule has 4 heterocycles. The third kappa shape index (κ3) is 19.2. The van der Waals surface area contributed by atoms with Gasteiger partial charge in [0.1, 0.15) is 0 Å². The van der Waals surface area contributed by atoms with Gasteiger partial charge in [-0.3, -0.25) is 9.59 Å². The van der Waals surface area contributed by atoms with Gasteiger partial charge < -0.3 is 29.4 Å². The Morgan fingerprint density at radius 3 is 0.825 bits per heavy atom. The van der Waals surface area contributed by atoms with Gasteiger partial charge >= 0.3 is 0 Å². The molecule has 16 heteroatoms. The summed E-state index contributed by atoms with van der Waals surface area (Å²) in [6.45, 7) is 44.3. The largest absolute Gasteiger partial charge is 0.369 e. The SMILES string of the molecule is CC(=O)N1CCN(c2ccc(C(C)(C)C)cc2)CC1.CC(C)(C)c1ccc(N2CCN(S(C)(=O)=O)CC2)cc1.CCC(=O)N1CCN(c2ccc(C(C)(C)C)cc2)CC1.CCS(=O)(=O)N1CCN(c2ccc(C(C)(C)C)cc2)CC1. The van der Waals surface area contributed by atoms with E-state index in [0.29, 0.717) is 32.6 Å². The van der Waals surface area contributed by atoms with Crippen molar-refractivity contribution in [3.63, 3.8) is 0 Å². The highest BCUT2D eigenvalue weighted by Crippen LogP contribution is 2.30. The fourth-order valence-corrected chi connectivity index (χ4v) is 12.0. The minimum absolute atomic E-state index is 0.159. The van der Waals surface area contributed by atoms with E-state index in [1.54, 1.807) is 22.5 Å². The summed E-state index contributed by atoms with van der Waals surface area (Å²) in [5.74, 6) is 0.642. The summed E-state index contributed by atoms with van der Waals surface area (Å²) in [4.78, 5) is 36.1. The molecule has 4 fully saturated rings. The molecule has 0 bridgehead atoms. The number of carbonyl (C=O) groups excluding carboxylic acids is 2. The van der Waals surface area contributed by atoms with Crippen molar-refractivity contribution in [1.29, 1.82) is 0 Å². The van der Waals surface area contributed by atoms with Crippen molar-refractivity contribution in [1.82, 2.24) is 18.4 Å². The average molecular weight is 1140 g/mol. The van der Waals surface area contributed by atoms with E-state index in [1.165, 1.54) is 51.3 Å². The lowest BCUT2D eigenvalue weighted by atomic mass is 9.87. The number of piperazine rings is 4. The predicted molar refractivity (Wildman–Crippen MR) is 336 cm³/mol. The Balaban J connectivity index is 0.000000196. The number of benzene rings is 4. The lowest BCUT2D eigenvalue weighted by Crippen LogP contribution is -2.49. The zero-order chi connectivity index (χ0) is 59.4. The highest BCUT2D eigenvalue weighted by atomic mass is 32.2. The van der Waals surface area contributed by atoms with E-state index in [-0.39, 0.29) is 39.2 Å². The molecule has 0 N–H and O–H groups in total. The lowest BCUT2D eigenvalue weighted by molar-refractivity contribution is -0.131. The second-order valence-corrected chi connectivity index (χ2v) is 30.1. The van der Waals surface area contributed by atoms with Crippen LogP contribution in [0.25, 0.3) is 0 Å².